The van der Waals surface area contributed by atoms with E-state index in [0.29, 0.717) is 19.4 Å². The Morgan fingerprint density at radius 2 is 1.64 bits per heavy atom. The summed E-state index contributed by atoms with van der Waals surface area (Å²) < 4.78 is 5.04. The van der Waals surface area contributed by atoms with Crippen molar-refractivity contribution in [3.05, 3.63) is 0 Å². The van der Waals surface area contributed by atoms with Gasteiger partial charge in [-0.15, -0.1) is 0 Å². The lowest BCUT2D eigenvalue weighted by atomic mass is 10.1. The Bertz CT molecular complexity index is 381. The van der Waals surface area contributed by atoms with Crippen LogP contribution in [0.15, 0.2) is 0 Å². The summed E-state index contributed by atoms with van der Waals surface area (Å²) in [7, 11) is 0. The van der Waals surface area contributed by atoms with Crippen molar-refractivity contribution >= 4 is 18.0 Å². The second kappa shape index (κ2) is 9.82. The van der Waals surface area contributed by atoms with Gasteiger partial charge in [0.2, 0.25) is 5.91 Å². The van der Waals surface area contributed by atoms with Crippen LogP contribution in [0, 0.1) is 0 Å². The summed E-state index contributed by atoms with van der Waals surface area (Å²) in [4.78, 5) is 33.5. The summed E-state index contributed by atoms with van der Waals surface area (Å²) in [6.07, 6.45) is 0.433. The van der Waals surface area contributed by atoms with Crippen molar-refractivity contribution in [2.75, 3.05) is 19.6 Å². The monoisotopic (exact) mass is 317 g/mol. The third-order valence-corrected chi connectivity index (χ3v) is 2.42. The quantitative estimate of drug-likeness (QED) is 0.379. The van der Waals surface area contributed by atoms with Gasteiger partial charge < -0.3 is 32.2 Å². The van der Waals surface area contributed by atoms with Gasteiger partial charge >= 0.3 is 12.1 Å². The minimum Gasteiger partial charge on any atom is -0.444 e. The summed E-state index contributed by atoms with van der Waals surface area (Å²) >= 11 is 0. The normalized spacial score (nSPS) is 12.2. The van der Waals surface area contributed by atoms with Crippen LogP contribution in [-0.4, -0.2) is 49.3 Å². The molecule has 0 saturated carbocycles. The summed E-state index contributed by atoms with van der Waals surface area (Å²) in [6, 6.07) is -1.28. The van der Waals surface area contributed by atoms with Crippen LogP contribution < -0.4 is 27.4 Å². The predicted octanol–water partition coefficient (Wildman–Crippen LogP) is -0.597. The zero-order chi connectivity index (χ0) is 17.2. The molecule has 0 aromatic carbocycles. The fourth-order valence-electron chi connectivity index (χ4n) is 1.46. The first-order valence-corrected chi connectivity index (χ1v) is 7.15. The van der Waals surface area contributed by atoms with E-state index in [1.54, 1.807) is 20.8 Å². The summed E-state index contributed by atoms with van der Waals surface area (Å²) in [6.45, 7) is 6.17. The lowest BCUT2D eigenvalue weighted by Crippen LogP contribution is -2.44. The molecule has 0 radical (unpaired) electrons. The molecule has 0 aliphatic carbocycles. The molecular formula is C13H27N5O4. The lowest BCUT2D eigenvalue weighted by Gasteiger charge is -2.19. The molecule has 9 heteroatoms. The number of amides is 4. The average molecular weight is 317 g/mol. The van der Waals surface area contributed by atoms with Crippen molar-refractivity contribution in [1.29, 1.82) is 0 Å². The van der Waals surface area contributed by atoms with Crippen molar-refractivity contribution in [1.82, 2.24) is 16.0 Å². The van der Waals surface area contributed by atoms with Crippen LogP contribution in [0.4, 0.5) is 9.59 Å². The standard InChI is InChI=1S/C13H27N5O4/c1-13(2,3)22-12(21)18-8-7-16-10(19)9(14)5-4-6-17-11(15)20/h9H,4-8,14H2,1-3H3,(H,16,19)(H,18,21)(H3,15,17,20)/t9-/m0/s1. The molecule has 0 heterocycles. The molecule has 0 rings (SSSR count). The Morgan fingerprint density at radius 1 is 1.05 bits per heavy atom. The highest BCUT2D eigenvalue weighted by Crippen LogP contribution is 2.05. The smallest absolute Gasteiger partial charge is 0.407 e. The van der Waals surface area contributed by atoms with E-state index < -0.39 is 23.8 Å². The molecule has 0 saturated heterocycles. The van der Waals surface area contributed by atoms with Gasteiger partial charge in [-0.2, -0.15) is 0 Å². The van der Waals surface area contributed by atoms with Gasteiger partial charge in [-0.3, -0.25) is 4.79 Å². The molecule has 7 N–H and O–H groups in total. The molecule has 1 atom stereocenters. The average Bonchev–Trinajstić information content (AvgIpc) is 2.36. The largest absolute Gasteiger partial charge is 0.444 e. The highest BCUT2D eigenvalue weighted by molar-refractivity contribution is 5.81. The third-order valence-electron chi connectivity index (χ3n) is 2.42. The zero-order valence-corrected chi connectivity index (χ0v) is 13.4. The second-order valence-electron chi connectivity index (χ2n) is 5.76. The highest BCUT2D eigenvalue weighted by Gasteiger charge is 2.16. The molecule has 128 valence electrons. The summed E-state index contributed by atoms with van der Waals surface area (Å²) in [5.74, 6) is -0.315. The van der Waals surface area contributed by atoms with Gasteiger partial charge in [-0.25, -0.2) is 9.59 Å². The van der Waals surface area contributed by atoms with Crippen LogP contribution in [0.2, 0.25) is 0 Å². The molecule has 4 amide bonds. The van der Waals surface area contributed by atoms with Crippen molar-refractivity contribution in [2.45, 2.75) is 45.3 Å². The fourth-order valence-corrected chi connectivity index (χ4v) is 1.46. The number of urea groups is 1. The van der Waals surface area contributed by atoms with Crippen LogP contribution in [0.5, 0.6) is 0 Å². The van der Waals surface area contributed by atoms with Gasteiger partial charge in [0.1, 0.15) is 5.60 Å². The Kier molecular flexibility index (Phi) is 8.92. The Labute approximate surface area is 130 Å². The van der Waals surface area contributed by atoms with Crippen molar-refractivity contribution in [2.24, 2.45) is 11.5 Å². The zero-order valence-electron chi connectivity index (χ0n) is 13.4. The van der Waals surface area contributed by atoms with Crippen LogP contribution in [0.3, 0.4) is 0 Å². The van der Waals surface area contributed by atoms with Gasteiger partial charge in [-0.05, 0) is 33.6 Å². The fraction of sp³-hybridized carbons (Fsp3) is 0.769. The van der Waals surface area contributed by atoms with Crippen LogP contribution in [0.1, 0.15) is 33.6 Å². The van der Waals surface area contributed by atoms with Gasteiger partial charge in [0.25, 0.3) is 0 Å². The van der Waals surface area contributed by atoms with E-state index in [1.807, 2.05) is 0 Å². The Balaban J connectivity index is 3.71. The molecule has 0 unspecified atom stereocenters. The minimum atomic E-state index is -0.670. The highest BCUT2D eigenvalue weighted by atomic mass is 16.6. The number of alkyl carbamates (subject to hydrolysis) is 1. The van der Waals surface area contributed by atoms with Gasteiger partial charge in [0, 0.05) is 19.6 Å². The van der Waals surface area contributed by atoms with E-state index in [9.17, 15) is 14.4 Å². The molecule has 22 heavy (non-hydrogen) atoms. The van der Waals surface area contributed by atoms with Crippen molar-refractivity contribution in [3.63, 3.8) is 0 Å². The molecule has 9 nitrogen and oxygen atoms in total. The van der Waals surface area contributed by atoms with Crippen LogP contribution in [0.25, 0.3) is 0 Å². The number of rotatable bonds is 8. The number of primary amides is 1. The van der Waals surface area contributed by atoms with Crippen molar-refractivity contribution < 1.29 is 19.1 Å². The van der Waals surface area contributed by atoms with E-state index in [4.69, 9.17) is 16.2 Å². The number of nitrogens with one attached hydrogen (secondary N) is 3. The van der Waals surface area contributed by atoms with Crippen molar-refractivity contribution in [3.8, 4) is 0 Å². The van der Waals surface area contributed by atoms with Gasteiger partial charge in [0.05, 0.1) is 6.04 Å². The summed E-state index contributed by atoms with van der Waals surface area (Å²) in [5.41, 5.74) is 10.0. The SMILES string of the molecule is CC(C)(C)OC(=O)NCCNC(=O)[C@@H](N)CCCNC(N)=O. The molecule has 0 aromatic heterocycles. The summed E-state index contributed by atoms with van der Waals surface area (Å²) in [5, 5.41) is 7.54. The van der Waals surface area contributed by atoms with E-state index >= 15 is 0 Å². The molecule has 0 fully saturated rings. The Morgan fingerprint density at radius 3 is 2.18 bits per heavy atom. The van der Waals surface area contributed by atoms with E-state index in [0.717, 1.165) is 0 Å². The molecule has 0 bridgehead atoms. The maximum absolute atomic E-state index is 11.7. The van der Waals surface area contributed by atoms with E-state index in [-0.39, 0.29) is 19.0 Å². The third kappa shape index (κ3) is 11.8. The topological polar surface area (TPSA) is 149 Å². The minimum absolute atomic E-state index is 0.247. The maximum Gasteiger partial charge on any atom is 0.407 e. The maximum atomic E-state index is 11.7. The Hall–Kier alpha value is -2.03. The van der Waals surface area contributed by atoms with E-state index in [2.05, 4.69) is 16.0 Å². The van der Waals surface area contributed by atoms with Crippen LogP contribution >= 0.6 is 0 Å². The number of hydrogen-bond acceptors (Lipinski definition) is 5. The second-order valence-corrected chi connectivity index (χ2v) is 5.76. The van der Waals surface area contributed by atoms with Gasteiger partial charge in [0.15, 0.2) is 0 Å². The van der Waals surface area contributed by atoms with E-state index in [1.165, 1.54) is 0 Å². The predicted molar refractivity (Wildman–Crippen MR) is 82.0 cm³/mol. The lowest BCUT2D eigenvalue weighted by molar-refractivity contribution is -0.122. The van der Waals surface area contributed by atoms with Crippen LogP contribution in [-0.2, 0) is 9.53 Å². The first-order chi connectivity index (χ1) is 10.1. The number of carbonyl (C=O) groups is 3. The molecule has 0 spiro atoms. The molecular weight excluding hydrogens is 290 g/mol. The van der Waals surface area contributed by atoms with Gasteiger partial charge in [-0.1, -0.05) is 0 Å². The first kappa shape index (κ1) is 20.0. The number of ether oxygens (including phenoxy) is 1. The number of carbonyl (C=O) groups excluding carboxylic acids is 3. The number of hydrogen-bond donors (Lipinski definition) is 5. The molecule has 0 aromatic rings. The molecule has 0 aliphatic rings. The number of nitrogens with two attached hydrogens (primary N) is 2. The molecule has 0 aliphatic heterocycles. The first-order valence-electron chi connectivity index (χ1n) is 7.15.